The second kappa shape index (κ2) is 8.53. The molecule has 2 aromatic carbocycles. The number of benzene rings is 2. The first-order valence-electron chi connectivity index (χ1n) is 9.46. The standard InChI is InChI=1S/C23H18FN3O3S/c1-14(28)25-16-8-10-17(11-9-16)26-21-20(19-7-4-12-31-19)22(29)27(23(21)30)13-15-5-2-3-6-18(15)24/h2-12,26H,13H2,1H3,(H,25,28). The van der Waals surface area contributed by atoms with Crippen molar-refractivity contribution in [2.45, 2.75) is 13.5 Å². The van der Waals surface area contributed by atoms with Gasteiger partial charge in [0.25, 0.3) is 11.8 Å². The molecule has 6 nitrogen and oxygen atoms in total. The molecule has 0 unspecified atom stereocenters. The number of anilines is 2. The molecule has 0 aliphatic carbocycles. The van der Waals surface area contributed by atoms with Crippen LogP contribution in [0.2, 0.25) is 0 Å². The molecule has 0 atom stereocenters. The van der Waals surface area contributed by atoms with Gasteiger partial charge in [0.2, 0.25) is 5.91 Å². The van der Waals surface area contributed by atoms with Crippen molar-refractivity contribution >= 4 is 46.0 Å². The van der Waals surface area contributed by atoms with E-state index < -0.39 is 17.6 Å². The molecule has 1 aromatic heterocycles. The SMILES string of the molecule is CC(=O)Nc1ccc(NC2=C(c3cccs3)C(=O)N(Cc3ccccc3F)C2=O)cc1. The lowest BCUT2D eigenvalue weighted by Gasteiger charge is -2.16. The maximum absolute atomic E-state index is 14.1. The van der Waals surface area contributed by atoms with Gasteiger partial charge in [-0.05, 0) is 41.8 Å². The number of thiophene rings is 1. The van der Waals surface area contributed by atoms with Crippen LogP contribution in [-0.2, 0) is 20.9 Å². The Morgan fingerprint density at radius 1 is 0.968 bits per heavy atom. The van der Waals surface area contributed by atoms with Crippen molar-refractivity contribution in [3.63, 3.8) is 0 Å². The van der Waals surface area contributed by atoms with Crippen molar-refractivity contribution in [3.05, 3.63) is 88.0 Å². The molecule has 2 N–H and O–H groups in total. The van der Waals surface area contributed by atoms with Crippen LogP contribution in [0.4, 0.5) is 15.8 Å². The van der Waals surface area contributed by atoms with Gasteiger partial charge in [-0.25, -0.2) is 4.39 Å². The quantitative estimate of drug-likeness (QED) is 0.568. The zero-order valence-corrected chi connectivity index (χ0v) is 17.3. The maximum Gasteiger partial charge on any atom is 0.278 e. The molecule has 0 fully saturated rings. The Kier molecular flexibility index (Phi) is 5.64. The highest BCUT2D eigenvalue weighted by Crippen LogP contribution is 2.34. The Morgan fingerprint density at radius 2 is 1.68 bits per heavy atom. The molecule has 0 spiro atoms. The average molecular weight is 435 g/mol. The van der Waals surface area contributed by atoms with E-state index in [4.69, 9.17) is 0 Å². The molecule has 0 saturated heterocycles. The third kappa shape index (κ3) is 4.24. The van der Waals surface area contributed by atoms with Crippen LogP contribution in [0.15, 0.2) is 71.7 Å². The molecule has 2 heterocycles. The highest BCUT2D eigenvalue weighted by atomic mass is 32.1. The van der Waals surface area contributed by atoms with Gasteiger partial charge in [-0.3, -0.25) is 19.3 Å². The summed E-state index contributed by atoms with van der Waals surface area (Å²) in [4.78, 5) is 39.2. The van der Waals surface area contributed by atoms with Crippen molar-refractivity contribution < 1.29 is 18.8 Å². The minimum atomic E-state index is -0.525. The predicted molar refractivity (Wildman–Crippen MR) is 118 cm³/mol. The van der Waals surface area contributed by atoms with Gasteiger partial charge >= 0.3 is 0 Å². The Hall–Kier alpha value is -3.78. The van der Waals surface area contributed by atoms with Crippen LogP contribution in [0.1, 0.15) is 17.4 Å². The van der Waals surface area contributed by atoms with Crippen molar-refractivity contribution in [2.24, 2.45) is 0 Å². The first-order valence-corrected chi connectivity index (χ1v) is 10.3. The minimum Gasteiger partial charge on any atom is -0.350 e. The van der Waals surface area contributed by atoms with Crippen molar-refractivity contribution in [1.82, 2.24) is 4.90 Å². The lowest BCUT2D eigenvalue weighted by molar-refractivity contribution is -0.137. The Bertz CT molecular complexity index is 1190. The topological polar surface area (TPSA) is 78.5 Å². The van der Waals surface area contributed by atoms with Gasteiger partial charge in [0.05, 0.1) is 12.1 Å². The van der Waals surface area contributed by atoms with Gasteiger partial charge in [-0.2, -0.15) is 0 Å². The predicted octanol–water partition coefficient (Wildman–Crippen LogP) is 4.24. The number of rotatable bonds is 6. The fourth-order valence-corrected chi connectivity index (χ4v) is 4.03. The summed E-state index contributed by atoms with van der Waals surface area (Å²) in [6.45, 7) is 1.25. The van der Waals surface area contributed by atoms with E-state index >= 15 is 0 Å². The molecule has 0 saturated carbocycles. The van der Waals surface area contributed by atoms with E-state index in [2.05, 4.69) is 10.6 Å². The van der Waals surface area contributed by atoms with Gasteiger partial charge < -0.3 is 10.6 Å². The second-order valence-corrected chi connectivity index (χ2v) is 7.85. The first-order chi connectivity index (χ1) is 14.9. The smallest absolute Gasteiger partial charge is 0.278 e. The van der Waals surface area contributed by atoms with E-state index in [9.17, 15) is 18.8 Å². The lowest BCUT2D eigenvalue weighted by Crippen LogP contribution is -2.32. The Morgan fingerprint density at radius 3 is 2.32 bits per heavy atom. The molecule has 3 amide bonds. The average Bonchev–Trinajstić information content (AvgIpc) is 3.34. The number of nitrogens with zero attached hydrogens (tertiary/aromatic N) is 1. The van der Waals surface area contributed by atoms with Gasteiger partial charge in [0.1, 0.15) is 11.5 Å². The Balaban J connectivity index is 1.65. The molecule has 1 aliphatic heterocycles. The molecule has 0 bridgehead atoms. The molecular weight excluding hydrogens is 417 g/mol. The molecule has 4 rings (SSSR count). The van der Waals surface area contributed by atoms with Crippen LogP contribution in [0.25, 0.3) is 5.57 Å². The van der Waals surface area contributed by atoms with Gasteiger partial charge in [0.15, 0.2) is 0 Å². The van der Waals surface area contributed by atoms with Gasteiger partial charge in [-0.15, -0.1) is 11.3 Å². The molecule has 0 radical (unpaired) electrons. The largest absolute Gasteiger partial charge is 0.350 e. The number of hydrogen-bond acceptors (Lipinski definition) is 5. The van der Waals surface area contributed by atoms with Crippen LogP contribution in [0.5, 0.6) is 0 Å². The van der Waals surface area contributed by atoms with Crippen molar-refractivity contribution in [3.8, 4) is 0 Å². The number of hydrogen-bond donors (Lipinski definition) is 2. The number of nitrogens with one attached hydrogen (secondary N) is 2. The number of imide groups is 1. The summed E-state index contributed by atoms with van der Waals surface area (Å²) in [5.41, 5.74) is 1.83. The van der Waals surface area contributed by atoms with Crippen molar-refractivity contribution in [1.29, 1.82) is 0 Å². The third-order valence-electron chi connectivity index (χ3n) is 4.70. The van der Waals surface area contributed by atoms with E-state index in [0.717, 1.165) is 4.90 Å². The first kappa shape index (κ1) is 20.5. The highest BCUT2D eigenvalue weighted by molar-refractivity contribution is 7.11. The fraction of sp³-hybridized carbons (Fsp3) is 0.0870. The monoisotopic (exact) mass is 435 g/mol. The maximum atomic E-state index is 14.1. The van der Waals surface area contributed by atoms with Crippen molar-refractivity contribution in [2.75, 3.05) is 10.6 Å². The van der Waals surface area contributed by atoms with E-state index in [-0.39, 0.29) is 29.3 Å². The number of halogens is 1. The normalized spacial score (nSPS) is 13.7. The molecule has 3 aromatic rings. The van der Waals surface area contributed by atoms with E-state index in [0.29, 0.717) is 16.3 Å². The van der Waals surface area contributed by atoms with Crippen LogP contribution in [0, 0.1) is 5.82 Å². The highest BCUT2D eigenvalue weighted by Gasteiger charge is 2.40. The molecular formula is C23H18FN3O3S. The van der Waals surface area contributed by atoms with Gasteiger partial charge in [0, 0.05) is 28.7 Å². The number of carbonyl (C=O) groups excluding carboxylic acids is 3. The zero-order valence-electron chi connectivity index (χ0n) is 16.5. The summed E-state index contributed by atoms with van der Waals surface area (Å²) >= 11 is 1.34. The van der Waals surface area contributed by atoms with Crippen LogP contribution >= 0.6 is 11.3 Å². The summed E-state index contributed by atoms with van der Waals surface area (Å²) in [5.74, 6) is -1.67. The summed E-state index contributed by atoms with van der Waals surface area (Å²) in [5, 5.41) is 7.53. The Labute approximate surface area is 182 Å². The van der Waals surface area contributed by atoms with Crippen LogP contribution < -0.4 is 10.6 Å². The van der Waals surface area contributed by atoms with E-state index in [1.807, 2.05) is 5.38 Å². The van der Waals surface area contributed by atoms with E-state index in [1.54, 1.807) is 54.6 Å². The fourth-order valence-electron chi connectivity index (χ4n) is 3.27. The summed E-state index contributed by atoms with van der Waals surface area (Å²) < 4.78 is 14.1. The zero-order chi connectivity index (χ0) is 22.0. The molecule has 31 heavy (non-hydrogen) atoms. The number of amides is 3. The summed E-state index contributed by atoms with van der Waals surface area (Å²) in [6.07, 6.45) is 0. The van der Waals surface area contributed by atoms with Crippen LogP contribution in [0.3, 0.4) is 0 Å². The summed E-state index contributed by atoms with van der Waals surface area (Å²) in [7, 11) is 0. The summed E-state index contributed by atoms with van der Waals surface area (Å²) in [6, 6.07) is 16.4. The molecule has 8 heteroatoms. The minimum absolute atomic E-state index is 0.135. The molecule has 156 valence electrons. The van der Waals surface area contributed by atoms with Gasteiger partial charge in [-0.1, -0.05) is 24.3 Å². The lowest BCUT2D eigenvalue weighted by atomic mass is 10.1. The second-order valence-electron chi connectivity index (χ2n) is 6.90. The van der Waals surface area contributed by atoms with Crippen LogP contribution in [-0.4, -0.2) is 22.6 Å². The van der Waals surface area contributed by atoms with E-state index in [1.165, 1.54) is 24.3 Å². The molecule has 1 aliphatic rings. The number of carbonyl (C=O) groups is 3. The third-order valence-corrected chi connectivity index (χ3v) is 5.58.